The van der Waals surface area contributed by atoms with Gasteiger partial charge >= 0.3 is 0 Å². The van der Waals surface area contributed by atoms with E-state index < -0.39 is 0 Å². The topological polar surface area (TPSA) is 52.9 Å². The lowest BCUT2D eigenvalue weighted by molar-refractivity contribution is -0.125. The summed E-state index contributed by atoms with van der Waals surface area (Å²) in [4.78, 5) is 12.2. The van der Waals surface area contributed by atoms with Gasteiger partial charge in [0, 0.05) is 12.5 Å². The van der Waals surface area contributed by atoms with Crippen LogP contribution >= 0.6 is 0 Å². The Morgan fingerprint density at radius 2 is 1.70 bits per heavy atom. The summed E-state index contributed by atoms with van der Waals surface area (Å²) in [6.45, 7) is 4.04. The van der Waals surface area contributed by atoms with E-state index in [1.807, 2.05) is 13.8 Å². The fraction of sp³-hybridized carbons (Fsp3) is 0.882. The summed E-state index contributed by atoms with van der Waals surface area (Å²) in [6.07, 6.45) is 7.11. The zero-order chi connectivity index (χ0) is 14.3. The van der Waals surface area contributed by atoms with E-state index in [4.69, 9.17) is 5.26 Å². The van der Waals surface area contributed by atoms with Gasteiger partial charge in [0.05, 0.1) is 12.0 Å². The van der Waals surface area contributed by atoms with Gasteiger partial charge in [0.15, 0.2) is 0 Å². The Morgan fingerprint density at radius 1 is 1.15 bits per heavy atom. The molecule has 110 valence electrons. The summed E-state index contributed by atoms with van der Waals surface area (Å²) in [6, 6.07) is 2.68. The Bertz CT molecular complexity index is 395. The zero-order valence-electron chi connectivity index (χ0n) is 12.6. The molecule has 1 unspecified atom stereocenters. The summed E-state index contributed by atoms with van der Waals surface area (Å²) in [5.41, 5.74) is 0. The zero-order valence-corrected chi connectivity index (χ0v) is 12.6. The maximum atomic E-state index is 12.2. The minimum Gasteiger partial charge on any atom is -0.353 e. The lowest BCUT2D eigenvalue weighted by atomic mass is 9.54. The third-order valence-corrected chi connectivity index (χ3v) is 5.93. The maximum absolute atomic E-state index is 12.2. The molecule has 0 aromatic heterocycles. The fourth-order valence-corrected chi connectivity index (χ4v) is 5.04. The molecule has 3 nitrogen and oxygen atoms in total. The van der Waals surface area contributed by atoms with Gasteiger partial charge in [0.25, 0.3) is 0 Å². The first-order valence-electron chi connectivity index (χ1n) is 8.25. The van der Waals surface area contributed by atoms with Crippen molar-refractivity contribution in [1.82, 2.24) is 5.32 Å². The second-order valence-corrected chi connectivity index (χ2v) is 7.71. The second-order valence-electron chi connectivity index (χ2n) is 7.71. The highest BCUT2D eigenvalue weighted by atomic mass is 16.1. The van der Waals surface area contributed by atoms with E-state index in [1.165, 1.54) is 32.1 Å². The van der Waals surface area contributed by atoms with Crippen LogP contribution in [0.25, 0.3) is 0 Å². The van der Waals surface area contributed by atoms with Crippen molar-refractivity contribution in [2.45, 2.75) is 58.4 Å². The van der Waals surface area contributed by atoms with Gasteiger partial charge in [-0.25, -0.2) is 0 Å². The van der Waals surface area contributed by atoms with Crippen LogP contribution in [0.15, 0.2) is 0 Å². The van der Waals surface area contributed by atoms with Crippen molar-refractivity contribution in [2.75, 3.05) is 0 Å². The molecule has 4 aliphatic carbocycles. The minimum atomic E-state index is -0.146. The molecule has 1 N–H and O–H groups in total. The van der Waals surface area contributed by atoms with Crippen molar-refractivity contribution in [3.05, 3.63) is 0 Å². The van der Waals surface area contributed by atoms with Crippen LogP contribution in [-0.2, 0) is 4.79 Å². The van der Waals surface area contributed by atoms with E-state index in [-0.39, 0.29) is 17.7 Å². The lowest BCUT2D eigenvalue weighted by Gasteiger charge is -2.54. The molecule has 0 aliphatic heterocycles. The predicted octanol–water partition coefficient (Wildman–Crippen LogP) is 3.11. The van der Waals surface area contributed by atoms with Crippen LogP contribution in [0.4, 0.5) is 0 Å². The highest BCUT2D eigenvalue weighted by Gasteiger charge is 2.48. The second kappa shape index (κ2) is 5.39. The van der Waals surface area contributed by atoms with Crippen molar-refractivity contribution in [3.63, 3.8) is 0 Å². The number of nitrogens with one attached hydrogen (secondary N) is 1. The molecule has 4 bridgehead atoms. The molecule has 3 heteroatoms. The van der Waals surface area contributed by atoms with Gasteiger partial charge in [0.2, 0.25) is 5.91 Å². The van der Waals surface area contributed by atoms with Gasteiger partial charge in [-0.05, 0) is 61.7 Å². The van der Waals surface area contributed by atoms with Gasteiger partial charge in [-0.15, -0.1) is 0 Å². The van der Waals surface area contributed by atoms with Crippen LogP contribution in [0.5, 0.6) is 0 Å². The van der Waals surface area contributed by atoms with Gasteiger partial charge in [-0.3, -0.25) is 4.79 Å². The first-order chi connectivity index (χ1) is 9.56. The molecule has 4 fully saturated rings. The average molecular weight is 274 g/mol. The molecule has 0 spiro atoms. The number of carbonyl (C=O) groups excluding carboxylic acids is 1. The number of hydrogen-bond donors (Lipinski definition) is 1. The third-order valence-electron chi connectivity index (χ3n) is 5.93. The maximum Gasteiger partial charge on any atom is 0.221 e. The smallest absolute Gasteiger partial charge is 0.221 e. The largest absolute Gasteiger partial charge is 0.353 e. The summed E-state index contributed by atoms with van der Waals surface area (Å²) < 4.78 is 0. The Balaban J connectivity index is 1.58. The first-order valence-corrected chi connectivity index (χ1v) is 8.25. The Morgan fingerprint density at radius 3 is 2.15 bits per heavy atom. The quantitative estimate of drug-likeness (QED) is 0.856. The number of carbonyl (C=O) groups is 1. The Hall–Kier alpha value is -1.04. The molecule has 0 aromatic rings. The molecule has 4 saturated carbocycles. The molecule has 20 heavy (non-hydrogen) atoms. The van der Waals surface area contributed by atoms with Crippen LogP contribution < -0.4 is 5.32 Å². The molecule has 0 heterocycles. The van der Waals surface area contributed by atoms with E-state index in [0.717, 1.165) is 23.7 Å². The van der Waals surface area contributed by atoms with Crippen molar-refractivity contribution < 1.29 is 4.79 Å². The Kier molecular flexibility index (Phi) is 3.75. The van der Waals surface area contributed by atoms with Crippen LogP contribution in [0.3, 0.4) is 0 Å². The number of hydrogen-bond acceptors (Lipinski definition) is 2. The van der Waals surface area contributed by atoms with Gasteiger partial charge in [-0.1, -0.05) is 13.8 Å². The van der Waals surface area contributed by atoms with E-state index in [9.17, 15) is 4.79 Å². The van der Waals surface area contributed by atoms with Crippen molar-refractivity contribution >= 4 is 5.91 Å². The summed E-state index contributed by atoms with van der Waals surface area (Å²) in [5.74, 6) is 3.52. The number of nitriles is 1. The molecule has 0 saturated heterocycles. The van der Waals surface area contributed by atoms with E-state index in [0.29, 0.717) is 12.5 Å². The lowest BCUT2D eigenvalue weighted by Crippen LogP contribution is -2.56. The molecule has 4 rings (SSSR count). The summed E-state index contributed by atoms with van der Waals surface area (Å²) in [7, 11) is 0. The van der Waals surface area contributed by atoms with Crippen molar-refractivity contribution in [2.24, 2.45) is 35.5 Å². The van der Waals surface area contributed by atoms with E-state index in [2.05, 4.69) is 11.4 Å². The predicted molar refractivity (Wildman–Crippen MR) is 77.5 cm³/mol. The number of rotatable bonds is 4. The van der Waals surface area contributed by atoms with Crippen molar-refractivity contribution in [1.29, 1.82) is 5.26 Å². The van der Waals surface area contributed by atoms with Crippen LogP contribution in [-0.4, -0.2) is 11.9 Å². The number of nitrogens with zero attached hydrogens (tertiary/aromatic N) is 1. The molecule has 4 aliphatic rings. The molecule has 0 aromatic carbocycles. The van der Waals surface area contributed by atoms with E-state index >= 15 is 0 Å². The standard InChI is InChI=1S/C17H26N2O/c1-10(2)15(9-18)8-16(20)19-17-13-4-11-3-12(6-13)7-14(17)5-11/h10-15,17H,3-8H2,1-2H3,(H,19,20). The molecular formula is C17H26N2O. The highest BCUT2D eigenvalue weighted by molar-refractivity contribution is 5.77. The Labute approximate surface area is 122 Å². The van der Waals surface area contributed by atoms with Crippen molar-refractivity contribution in [3.8, 4) is 6.07 Å². The molecule has 1 amide bonds. The SMILES string of the molecule is CC(C)C(C#N)CC(=O)NC1C2CC3CC(C2)CC1C3. The van der Waals surface area contributed by atoms with E-state index in [1.54, 1.807) is 0 Å². The monoisotopic (exact) mass is 274 g/mol. The fourth-order valence-electron chi connectivity index (χ4n) is 5.04. The molecule has 0 radical (unpaired) electrons. The summed E-state index contributed by atoms with van der Waals surface area (Å²) in [5, 5.41) is 12.4. The third kappa shape index (κ3) is 2.57. The normalized spacial score (nSPS) is 39.6. The van der Waals surface area contributed by atoms with Crippen LogP contribution in [0.1, 0.15) is 52.4 Å². The van der Waals surface area contributed by atoms with Crippen LogP contribution in [0.2, 0.25) is 0 Å². The van der Waals surface area contributed by atoms with Gasteiger partial charge in [0.1, 0.15) is 0 Å². The minimum absolute atomic E-state index is 0.0997. The highest BCUT2D eigenvalue weighted by Crippen LogP contribution is 2.53. The number of amides is 1. The van der Waals surface area contributed by atoms with Gasteiger partial charge < -0.3 is 5.32 Å². The molecular weight excluding hydrogens is 248 g/mol. The first kappa shape index (κ1) is 13.9. The van der Waals surface area contributed by atoms with Gasteiger partial charge in [-0.2, -0.15) is 5.26 Å². The molecule has 1 atom stereocenters. The average Bonchev–Trinajstić information content (AvgIpc) is 2.39. The van der Waals surface area contributed by atoms with Crippen LogP contribution in [0, 0.1) is 46.8 Å². The summed E-state index contributed by atoms with van der Waals surface area (Å²) >= 11 is 0.